The van der Waals surface area contributed by atoms with Crippen molar-refractivity contribution in [2.45, 2.75) is 20.5 Å². The lowest BCUT2D eigenvalue weighted by molar-refractivity contribution is 0.0923. The molecular formula is C29H26ClN3O5. The molecular weight excluding hydrogens is 506 g/mol. The Labute approximate surface area is 225 Å². The van der Waals surface area contributed by atoms with Gasteiger partial charge < -0.3 is 23.2 Å². The molecule has 0 fully saturated rings. The zero-order chi connectivity index (χ0) is 27.1. The van der Waals surface area contributed by atoms with Gasteiger partial charge in [0.2, 0.25) is 0 Å². The van der Waals surface area contributed by atoms with Gasteiger partial charge in [-0.05, 0) is 68.4 Å². The molecule has 0 bridgehead atoms. The van der Waals surface area contributed by atoms with Gasteiger partial charge >= 0.3 is 5.91 Å². The highest BCUT2D eigenvalue weighted by molar-refractivity contribution is 6.31. The second-order valence-corrected chi connectivity index (χ2v) is 8.65. The largest absolute Gasteiger partial charge is 0.493 e. The van der Waals surface area contributed by atoms with E-state index in [1.807, 2.05) is 24.3 Å². The van der Waals surface area contributed by atoms with E-state index in [1.54, 1.807) is 24.3 Å². The maximum absolute atomic E-state index is 12.5. The van der Waals surface area contributed by atoms with E-state index in [0.29, 0.717) is 33.6 Å². The van der Waals surface area contributed by atoms with Crippen molar-refractivity contribution in [2.75, 3.05) is 13.7 Å². The Morgan fingerprint density at radius 3 is 2.53 bits per heavy atom. The van der Waals surface area contributed by atoms with Crippen molar-refractivity contribution < 1.29 is 23.4 Å². The van der Waals surface area contributed by atoms with E-state index >= 15 is 0 Å². The summed E-state index contributed by atoms with van der Waals surface area (Å²) in [5.41, 5.74) is 6.27. The standard InChI is InChI=1S/C29H26ClN3O5/c1-5-14-36-28-21(15-22(30)16-27(28)35-4)17-31-32-29(34)26-13-12-25(38-26)18-37-24-10-8-23(9-11-24)33-19(2)6-7-20(33)3/h1,6-13,15-17H,14,18H2,2-4H3,(H,32,34). The smallest absolute Gasteiger partial charge is 0.307 e. The van der Waals surface area contributed by atoms with E-state index < -0.39 is 5.91 Å². The molecule has 0 aliphatic rings. The summed E-state index contributed by atoms with van der Waals surface area (Å²) in [5, 5.41) is 4.39. The number of benzene rings is 2. The molecule has 0 aliphatic heterocycles. The number of furan rings is 1. The molecule has 2 heterocycles. The summed E-state index contributed by atoms with van der Waals surface area (Å²) in [7, 11) is 1.48. The van der Waals surface area contributed by atoms with E-state index in [2.05, 4.69) is 47.0 Å². The molecule has 0 atom stereocenters. The number of aryl methyl sites for hydroxylation is 2. The zero-order valence-corrected chi connectivity index (χ0v) is 21.9. The molecule has 4 aromatic rings. The topological polar surface area (TPSA) is 87.2 Å². The summed E-state index contributed by atoms with van der Waals surface area (Å²) >= 11 is 6.14. The van der Waals surface area contributed by atoms with Crippen molar-refractivity contribution in [2.24, 2.45) is 5.10 Å². The van der Waals surface area contributed by atoms with Crippen LogP contribution in [-0.4, -0.2) is 30.4 Å². The molecule has 1 amide bonds. The van der Waals surface area contributed by atoms with Crippen LogP contribution in [0, 0.1) is 26.2 Å². The number of hydrazone groups is 1. The molecule has 0 radical (unpaired) electrons. The second-order valence-electron chi connectivity index (χ2n) is 8.22. The molecule has 0 saturated heterocycles. The number of nitrogens with zero attached hydrogens (tertiary/aromatic N) is 2. The summed E-state index contributed by atoms with van der Waals surface area (Å²) in [6.45, 7) is 4.32. The number of carbonyl (C=O) groups excluding carboxylic acids is 1. The number of carbonyl (C=O) groups is 1. The van der Waals surface area contributed by atoms with Gasteiger partial charge in [-0.2, -0.15) is 5.10 Å². The molecule has 4 rings (SSSR count). The van der Waals surface area contributed by atoms with Crippen LogP contribution in [-0.2, 0) is 6.61 Å². The maximum atomic E-state index is 12.5. The van der Waals surface area contributed by atoms with E-state index in [9.17, 15) is 4.79 Å². The lowest BCUT2D eigenvalue weighted by Gasteiger charge is -2.12. The number of methoxy groups -OCH3 is 1. The minimum Gasteiger partial charge on any atom is -0.493 e. The third-order valence-corrected chi connectivity index (χ3v) is 5.79. The van der Waals surface area contributed by atoms with Crippen molar-refractivity contribution in [1.82, 2.24) is 9.99 Å². The Morgan fingerprint density at radius 2 is 1.84 bits per heavy atom. The monoisotopic (exact) mass is 531 g/mol. The molecule has 1 N–H and O–H groups in total. The molecule has 0 aliphatic carbocycles. The van der Waals surface area contributed by atoms with Crippen LogP contribution in [0.2, 0.25) is 5.02 Å². The Kier molecular flexibility index (Phi) is 8.41. The highest BCUT2D eigenvalue weighted by Crippen LogP contribution is 2.33. The first kappa shape index (κ1) is 26.5. The van der Waals surface area contributed by atoms with Crippen LogP contribution in [0.15, 0.2) is 70.2 Å². The predicted molar refractivity (Wildman–Crippen MR) is 146 cm³/mol. The van der Waals surface area contributed by atoms with Crippen LogP contribution in [0.5, 0.6) is 17.2 Å². The van der Waals surface area contributed by atoms with E-state index in [-0.39, 0.29) is 19.0 Å². The van der Waals surface area contributed by atoms with E-state index in [1.165, 1.54) is 13.3 Å². The molecule has 194 valence electrons. The number of hydrogen-bond acceptors (Lipinski definition) is 6. The van der Waals surface area contributed by atoms with Crippen molar-refractivity contribution in [1.29, 1.82) is 0 Å². The number of aromatic nitrogens is 1. The SMILES string of the molecule is C#CCOc1c(C=NNC(=O)c2ccc(COc3ccc(-n4c(C)ccc4C)cc3)o2)cc(Cl)cc1OC. The number of terminal acetylenes is 1. The normalized spacial score (nSPS) is 10.8. The van der Waals surface area contributed by atoms with Gasteiger partial charge in [-0.25, -0.2) is 5.43 Å². The Balaban J connectivity index is 1.35. The molecule has 8 nitrogen and oxygen atoms in total. The average Bonchev–Trinajstić information content (AvgIpc) is 3.53. The first-order valence-corrected chi connectivity index (χ1v) is 12.0. The van der Waals surface area contributed by atoms with Crippen molar-refractivity contribution in [3.8, 4) is 35.3 Å². The Morgan fingerprint density at radius 1 is 1.11 bits per heavy atom. The van der Waals surface area contributed by atoms with Crippen molar-refractivity contribution >= 4 is 23.7 Å². The number of ether oxygens (including phenoxy) is 3. The number of amides is 1. The minimum absolute atomic E-state index is 0.0268. The molecule has 9 heteroatoms. The number of halogens is 1. The van der Waals surface area contributed by atoms with Gasteiger partial charge in [0.1, 0.15) is 24.7 Å². The van der Waals surface area contributed by atoms with Gasteiger partial charge in [0.05, 0.1) is 13.3 Å². The van der Waals surface area contributed by atoms with Crippen LogP contribution < -0.4 is 19.6 Å². The number of nitrogens with one attached hydrogen (secondary N) is 1. The van der Waals surface area contributed by atoms with Gasteiger partial charge in [0.25, 0.3) is 0 Å². The number of hydrogen-bond donors (Lipinski definition) is 1. The van der Waals surface area contributed by atoms with Gasteiger partial charge in [-0.3, -0.25) is 4.79 Å². The fourth-order valence-electron chi connectivity index (χ4n) is 3.82. The van der Waals surface area contributed by atoms with Gasteiger partial charge in [0.15, 0.2) is 17.3 Å². The second kappa shape index (κ2) is 12.1. The summed E-state index contributed by atoms with van der Waals surface area (Å²) in [4.78, 5) is 12.5. The van der Waals surface area contributed by atoms with E-state index in [0.717, 1.165) is 17.1 Å². The van der Waals surface area contributed by atoms with Crippen molar-refractivity contribution in [3.05, 3.63) is 94.2 Å². The lowest BCUT2D eigenvalue weighted by Crippen LogP contribution is -2.17. The molecule has 0 saturated carbocycles. The molecule has 2 aromatic carbocycles. The molecule has 0 unspecified atom stereocenters. The Hall–Kier alpha value is -4.61. The maximum Gasteiger partial charge on any atom is 0.307 e. The van der Waals surface area contributed by atoms with Crippen LogP contribution in [0.4, 0.5) is 0 Å². The summed E-state index contributed by atoms with van der Waals surface area (Å²) in [5.74, 6) is 3.87. The van der Waals surface area contributed by atoms with Crippen LogP contribution >= 0.6 is 11.6 Å². The fraction of sp³-hybridized carbons (Fsp3) is 0.172. The van der Waals surface area contributed by atoms with Crippen LogP contribution in [0.25, 0.3) is 5.69 Å². The third kappa shape index (κ3) is 6.20. The van der Waals surface area contributed by atoms with Gasteiger partial charge in [-0.1, -0.05) is 17.5 Å². The lowest BCUT2D eigenvalue weighted by atomic mass is 10.2. The average molecular weight is 532 g/mol. The zero-order valence-electron chi connectivity index (χ0n) is 21.2. The highest BCUT2D eigenvalue weighted by atomic mass is 35.5. The number of rotatable bonds is 10. The summed E-state index contributed by atoms with van der Waals surface area (Å²) in [6, 6.07) is 18.4. The van der Waals surface area contributed by atoms with Crippen molar-refractivity contribution in [3.63, 3.8) is 0 Å². The van der Waals surface area contributed by atoms with Gasteiger partial charge in [-0.15, -0.1) is 6.42 Å². The first-order valence-electron chi connectivity index (χ1n) is 11.6. The van der Waals surface area contributed by atoms with E-state index in [4.69, 9.17) is 36.7 Å². The third-order valence-electron chi connectivity index (χ3n) is 5.57. The molecule has 2 aromatic heterocycles. The minimum atomic E-state index is -0.533. The quantitative estimate of drug-likeness (QED) is 0.161. The molecule has 38 heavy (non-hydrogen) atoms. The summed E-state index contributed by atoms with van der Waals surface area (Å²) < 4.78 is 24.4. The first-order chi connectivity index (χ1) is 18.4. The molecule has 0 spiro atoms. The Bertz CT molecular complexity index is 1480. The highest BCUT2D eigenvalue weighted by Gasteiger charge is 2.14. The fourth-order valence-corrected chi connectivity index (χ4v) is 4.04. The van der Waals surface area contributed by atoms with Crippen LogP contribution in [0.1, 0.15) is 33.3 Å². The summed E-state index contributed by atoms with van der Waals surface area (Å²) in [6.07, 6.45) is 6.67. The predicted octanol–water partition coefficient (Wildman–Crippen LogP) is 5.70. The van der Waals surface area contributed by atoms with Gasteiger partial charge in [0, 0.05) is 33.7 Å². The van der Waals surface area contributed by atoms with Crippen LogP contribution in [0.3, 0.4) is 0 Å².